The molecule has 0 unspecified atom stereocenters. The number of esters is 1. The van der Waals surface area contributed by atoms with Crippen molar-refractivity contribution in [2.45, 2.75) is 92.5 Å². The molecule has 4 saturated carbocycles. The fourth-order valence-corrected chi connectivity index (χ4v) is 6.28. The molecule has 0 aliphatic heterocycles. The maximum atomic E-state index is 12.9. The van der Waals surface area contributed by atoms with Crippen molar-refractivity contribution in [1.29, 1.82) is 0 Å². The summed E-state index contributed by atoms with van der Waals surface area (Å²) in [7, 11) is -4.64. The molecule has 11 heteroatoms. The normalized spacial score (nSPS) is 25.5. The van der Waals surface area contributed by atoms with Gasteiger partial charge in [0.05, 0.1) is 5.41 Å². The van der Waals surface area contributed by atoms with E-state index in [0.29, 0.717) is 19.1 Å². The predicted molar refractivity (Wildman–Crippen MR) is 154 cm³/mol. The minimum absolute atomic E-state index is 0.350. The van der Waals surface area contributed by atoms with Crippen LogP contribution in [-0.2, 0) is 18.8 Å². The van der Waals surface area contributed by atoms with Crippen LogP contribution in [0.1, 0.15) is 86.5 Å². The first-order chi connectivity index (χ1) is 18.5. The Labute approximate surface area is 239 Å². The Morgan fingerprint density at radius 1 is 0.950 bits per heavy atom. The second-order valence-electron chi connectivity index (χ2n) is 13.0. The highest BCUT2D eigenvalue weighted by Crippen LogP contribution is 2.53. The highest BCUT2D eigenvalue weighted by Gasteiger charge is 2.47. The van der Waals surface area contributed by atoms with Crippen molar-refractivity contribution in [2.75, 3.05) is 26.4 Å². The van der Waals surface area contributed by atoms with E-state index >= 15 is 0 Å². The Morgan fingerprint density at radius 2 is 1.50 bits per heavy atom. The fraction of sp³-hybridized carbons (Fsp3) is 0.793. The van der Waals surface area contributed by atoms with Crippen LogP contribution in [0.5, 0.6) is 0 Å². The van der Waals surface area contributed by atoms with Crippen molar-refractivity contribution in [3.63, 3.8) is 0 Å². The van der Waals surface area contributed by atoms with E-state index in [9.17, 15) is 9.59 Å². The number of rotatable bonds is 11. The standard InChI is InChI=1S/C29H48N2O4.H3O4P/c1-20(2)8-7-9-21(3)10-12-31(28(33)35-19-34-27(32)29(4,5)6)13-11-30-26-24-15-22-14-23(17-24)18-25(26)16-22;1-5(2,3)4/h8,10,22-26,30H,7,9,11-19H2,1-6H3;(H3,1,2,3,4)/b21-10+;. The van der Waals surface area contributed by atoms with Crippen LogP contribution in [0.2, 0.25) is 0 Å². The largest absolute Gasteiger partial charge is 0.466 e. The smallest absolute Gasteiger partial charge is 0.427 e. The molecule has 0 aromatic rings. The zero-order valence-electron chi connectivity index (χ0n) is 25.1. The fourth-order valence-electron chi connectivity index (χ4n) is 6.28. The number of phosphoric acid groups is 1. The molecule has 0 heterocycles. The molecule has 230 valence electrons. The van der Waals surface area contributed by atoms with E-state index < -0.39 is 19.3 Å². The highest BCUT2D eigenvalue weighted by molar-refractivity contribution is 7.45. The zero-order valence-corrected chi connectivity index (χ0v) is 26.0. The number of allylic oxidation sites excluding steroid dienone is 3. The number of carbonyl (C=O) groups excluding carboxylic acids is 2. The third-order valence-corrected chi connectivity index (χ3v) is 7.98. The summed E-state index contributed by atoms with van der Waals surface area (Å²) in [5, 5.41) is 3.82. The molecule has 4 rings (SSSR count). The van der Waals surface area contributed by atoms with Gasteiger partial charge in [0.15, 0.2) is 0 Å². The van der Waals surface area contributed by atoms with Crippen LogP contribution in [-0.4, -0.2) is 64.1 Å². The van der Waals surface area contributed by atoms with Crippen molar-refractivity contribution in [2.24, 2.45) is 29.1 Å². The van der Waals surface area contributed by atoms with Gasteiger partial charge in [0, 0.05) is 25.7 Å². The highest BCUT2D eigenvalue weighted by atomic mass is 31.2. The molecule has 10 nitrogen and oxygen atoms in total. The average Bonchev–Trinajstić information content (AvgIpc) is 2.80. The van der Waals surface area contributed by atoms with Crippen molar-refractivity contribution >= 4 is 19.9 Å². The van der Waals surface area contributed by atoms with Crippen molar-refractivity contribution in [3.05, 3.63) is 23.3 Å². The molecular formula is C29H51N2O8P. The predicted octanol–water partition coefficient (Wildman–Crippen LogP) is 5.15. The number of carbonyl (C=O) groups is 2. The molecule has 4 aliphatic rings. The molecule has 1 amide bonds. The van der Waals surface area contributed by atoms with Gasteiger partial charge in [0.1, 0.15) is 0 Å². The first kappa shape index (κ1) is 34.5. The summed E-state index contributed by atoms with van der Waals surface area (Å²) in [5.41, 5.74) is 1.96. The van der Waals surface area contributed by atoms with E-state index in [1.54, 1.807) is 25.7 Å². The van der Waals surface area contributed by atoms with Crippen LogP contribution in [0.15, 0.2) is 23.3 Å². The molecule has 0 atom stereocenters. The maximum absolute atomic E-state index is 12.9. The minimum Gasteiger partial charge on any atom is -0.427 e. The maximum Gasteiger partial charge on any atom is 0.466 e. The van der Waals surface area contributed by atoms with Gasteiger partial charge in [0.2, 0.25) is 6.79 Å². The van der Waals surface area contributed by atoms with Crippen LogP contribution in [0, 0.1) is 29.1 Å². The second kappa shape index (κ2) is 15.5. The van der Waals surface area contributed by atoms with Gasteiger partial charge >= 0.3 is 19.9 Å². The lowest BCUT2D eigenvalue weighted by atomic mass is 9.54. The monoisotopic (exact) mass is 586 g/mol. The summed E-state index contributed by atoms with van der Waals surface area (Å²) >= 11 is 0. The Kier molecular flexibility index (Phi) is 13.4. The summed E-state index contributed by atoms with van der Waals surface area (Å²) in [5.74, 6) is 3.14. The molecule has 40 heavy (non-hydrogen) atoms. The number of nitrogens with zero attached hydrogens (tertiary/aromatic N) is 1. The summed E-state index contributed by atoms with van der Waals surface area (Å²) in [6.45, 7) is 13.2. The number of hydrogen-bond acceptors (Lipinski definition) is 6. The van der Waals surface area contributed by atoms with Gasteiger partial charge < -0.3 is 34.4 Å². The third kappa shape index (κ3) is 12.9. The number of nitrogens with one attached hydrogen (secondary N) is 1. The second-order valence-corrected chi connectivity index (χ2v) is 14.0. The number of hydrogen-bond donors (Lipinski definition) is 4. The Bertz CT molecular complexity index is 912. The Hall–Kier alpha value is -1.71. The molecule has 4 bridgehead atoms. The molecule has 0 saturated heterocycles. The molecule has 0 aromatic carbocycles. The van der Waals surface area contributed by atoms with E-state index in [4.69, 9.17) is 28.7 Å². The lowest BCUT2D eigenvalue weighted by molar-refractivity contribution is -0.161. The molecular weight excluding hydrogens is 535 g/mol. The zero-order chi connectivity index (χ0) is 30.1. The molecule has 4 N–H and O–H groups in total. The van der Waals surface area contributed by atoms with Gasteiger partial charge in [-0.15, -0.1) is 0 Å². The quantitative estimate of drug-likeness (QED) is 0.112. The SMILES string of the molecule is CC(C)=CCC/C(C)=C/CN(CCNC1C2CC3CC(C2)CC1C3)C(=O)OCOC(=O)C(C)(C)C.O=P(O)(O)O. The van der Waals surface area contributed by atoms with Crippen LogP contribution < -0.4 is 5.32 Å². The van der Waals surface area contributed by atoms with Crippen LogP contribution in [0.3, 0.4) is 0 Å². The summed E-state index contributed by atoms with van der Waals surface area (Å²) in [6.07, 6.45) is 12.9. The van der Waals surface area contributed by atoms with Gasteiger partial charge in [-0.1, -0.05) is 23.3 Å². The average molecular weight is 587 g/mol. The van der Waals surface area contributed by atoms with Gasteiger partial charge in [-0.3, -0.25) is 4.79 Å². The molecule has 0 radical (unpaired) electrons. The number of amides is 1. The van der Waals surface area contributed by atoms with Crippen LogP contribution in [0.25, 0.3) is 0 Å². The lowest BCUT2D eigenvalue weighted by Crippen LogP contribution is -2.55. The van der Waals surface area contributed by atoms with Crippen LogP contribution in [0.4, 0.5) is 4.79 Å². The van der Waals surface area contributed by atoms with E-state index in [0.717, 1.165) is 43.1 Å². The van der Waals surface area contributed by atoms with Crippen molar-refractivity contribution in [3.8, 4) is 0 Å². The van der Waals surface area contributed by atoms with E-state index in [1.807, 2.05) is 0 Å². The Morgan fingerprint density at radius 3 is 2.00 bits per heavy atom. The van der Waals surface area contributed by atoms with Gasteiger partial charge in [0.25, 0.3) is 0 Å². The van der Waals surface area contributed by atoms with Crippen molar-refractivity contribution in [1.82, 2.24) is 10.2 Å². The first-order valence-corrected chi connectivity index (χ1v) is 16.0. The van der Waals surface area contributed by atoms with E-state index in [2.05, 4.69) is 38.2 Å². The van der Waals surface area contributed by atoms with Crippen molar-refractivity contribution < 1.29 is 38.3 Å². The van der Waals surface area contributed by atoms with E-state index in [1.165, 1.54) is 43.3 Å². The third-order valence-electron chi connectivity index (χ3n) is 7.98. The number of ether oxygens (including phenoxy) is 2. The molecule has 4 fully saturated rings. The summed E-state index contributed by atoms with van der Waals surface area (Å²) in [6, 6.07) is 0.592. The van der Waals surface area contributed by atoms with Gasteiger partial charge in [-0.25, -0.2) is 9.36 Å². The minimum atomic E-state index is -4.64. The first-order valence-electron chi connectivity index (χ1n) is 14.4. The molecule has 0 aromatic heterocycles. The molecule has 0 spiro atoms. The molecule has 4 aliphatic carbocycles. The van der Waals surface area contributed by atoms with Gasteiger partial charge in [-0.05, 0) is 110 Å². The van der Waals surface area contributed by atoms with E-state index in [-0.39, 0.29) is 12.8 Å². The van der Waals surface area contributed by atoms with Crippen LogP contribution >= 0.6 is 7.82 Å². The van der Waals surface area contributed by atoms with Gasteiger partial charge in [-0.2, -0.15) is 0 Å². The summed E-state index contributed by atoms with van der Waals surface area (Å²) < 4.78 is 19.4. The lowest BCUT2D eigenvalue weighted by Gasteiger charge is -2.54. The topological polar surface area (TPSA) is 146 Å². The summed E-state index contributed by atoms with van der Waals surface area (Å²) in [4.78, 5) is 48.1. The Balaban J connectivity index is 0.00000103.